The Morgan fingerprint density at radius 2 is 2.28 bits per heavy atom. The van der Waals surface area contributed by atoms with Gasteiger partial charge in [0.05, 0.1) is 0 Å². The van der Waals surface area contributed by atoms with E-state index in [9.17, 15) is 4.79 Å². The van der Waals surface area contributed by atoms with E-state index in [0.717, 1.165) is 44.7 Å². The number of para-hydroxylation sites is 1. The zero-order valence-corrected chi connectivity index (χ0v) is 10.9. The summed E-state index contributed by atoms with van der Waals surface area (Å²) in [6, 6.07) is 8.09. The minimum Gasteiger partial charge on any atom is -0.338 e. The molecule has 0 spiro atoms. The first kappa shape index (κ1) is 12.9. The Hall–Kier alpha value is -1.55. The second-order valence-electron chi connectivity index (χ2n) is 4.54. The number of amides is 2. The highest BCUT2D eigenvalue weighted by atomic mass is 16.2. The first-order chi connectivity index (χ1) is 8.83. The van der Waals surface area contributed by atoms with Crippen molar-refractivity contribution in [3.8, 4) is 0 Å². The SMILES string of the molecule is CCCCNC(=O)N1CCNCc2ccccc21. The molecule has 2 rings (SSSR count). The number of unbranched alkanes of at least 4 members (excludes halogenated alkanes) is 1. The van der Waals surface area contributed by atoms with Crippen LogP contribution in [0.25, 0.3) is 0 Å². The molecule has 0 radical (unpaired) electrons. The Kier molecular flexibility index (Phi) is 4.59. The van der Waals surface area contributed by atoms with Gasteiger partial charge in [-0.15, -0.1) is 0 Å². The fourth-order valence-electron chi connectivity index (χ4n) is 2.14. The van der Waals surface area contributed by atoms with Crippen LogP contribution in [-0.4, -0.2) is 25.7 Å². The molecule has 18 heavy (non-hydrogen) atoms. The largest absolute Gasteiger partial charge is 0.338 e. The number of nitrogens with zero attached hydrogens (tertiary/aromatic N) is 1. The third-order valence-electron chi connectivity index (χ3n) is 3.16. The van der Waals surface area contributed by atoms with Crippen LogP contribution >= 0.6 is 0 Å². The molecule has 98 valence electrons. The molecule has 0 saturated heterocycles. The first-order valence-corrected chi connectivity index (χ1v) is 6.67. The van der Waals surface area contributed by atoms with Crippen molar-refractivity contribution in [2.24, 2.45) is 0 Å². The maximum absolute atomic E-state index is 12.2. The highest BCUT2D eigenvalue weighted by Gasteiger charge is 2.19. The molecule has 1 heterocycles. The number of nitrogens with one attached hydrogen (secondary N) is 2. The number of hydrogen-bond acceptors (Lipinski definition) is 2. The lowest BCUT2D eigenvalue weighted by Gasteiger charge is -2.22. The molecule has 2 amide bonds. The van der Waals surface area contributed by atoms with Crippen LogP contribution in [0.2, 0.25) is 0 Å². The van der Waals surface area contributed by atoms with Crippen LogP contribution in [0.1, 0.15) is 25.3 Å². The van der Waals surface area contributed by atoms with Gasteiger partial charge in [0.15, 0.2) is 0 Å². The van der Waals surface area contributed by atoms with Crippen molar-refractivity contribution < 1.29 is 4.79 Å². The Morgan fingerprint density at radius 1 is 1.44 bits per heavy atom. The molecule has 1 aliphatic rings. The molecular formula is C14H21N3O. The Labute approximate surface area is 108 Å². The quantitative estimate of drug-likeness (QED) is 0.803. The van der Waals surface area contributed by atoms with Crippen LogP contribution in [0.15, 0.2) is 24.3 Å². The Balaban J connectivity index is 2.09. The number of hydrogen-bond donors (Lipinski definition) is 2. The molecule has 0 aliphatic carbocycles. The van der Waals surface area contributed by atoms with Gasteiger partial charge >= 0.3 is 6.03 Å². The van der Waals surface area contributed by atoms with E-state index in [1.54, 1.807) is 0 Å². The summed E-state index contributed by atoms with van der Waals surface area (Å²) in [4.78, 5) is 14.0. The summed E-state index contributed by atoms with van der Waals surface area (Å²) in [7, 11) is 0. The third-order valence-corrected chi connectivity index (χ3v) is 3.16. The topological polar surface area (TPSA) is 44.4 Å². The zero-order chi connectivity index (χ0) is 12.8. The van der Waals surface area contributed by atoms with Gasteiger partial charge < -0.3 is 10.6 Å². The van der Waals surface area contributed by atoms with Crippen molar-refractivity contribution in [1.29, 1.82) is 0 Å². The van der Waals surface area contributed by atoms with Crippen molar-refractivity contribution in [2.45, 2.75) is 26.3 Å². The number of rotatable bonds is 3. The molecule has 0 saturated carbocycles. The summed E-state index contributed by atoms with van der Waals surface area (Å²) in [5.41, 5.74) is 2.21. The van der Waals surface area contributed by atoms with E-state index < -0.39 is 0 Å². The Morgan fingerprint density at radius 3 is 3.11 bits per heavy atom. The van der Waals surface area contributed by atoms with Crippen LogP contribution in [0.4, 0.5) is 10.5 Å². The van der Waals surface area contributed by atoms with Gasteiger partial charge in [-0.25, -0.2) is 4.79 Å². The van der Waals surface area contributed by atoms with Gasteiger partial charge in [0.1, 0.15) is 0 Å². The molecule has 0 aromatic heterocycles. The number of carbonyl (C=O) groups excluding carboxylic acids is 1. The highest BCUT2D eigenvalue weighted by molar-refractivity contribution is 5.92. The smallest absolute Gasteiger partial charge is 0.321 e. The van der Waals surface area contributed by atoms with E-state index in [1.807, 2.05) is 23.1 Å². The molecule has 2 N–H and O–H groups in total. The lowest BCUT2D eigenvalue weighted by molar-refractivity contribution is 0.246. The number of anilines is 1. The van der Waals surface area contributed by atoms with E-state index >= 15 is 0 Å². The predicted octanol–water partition coefficient (Wildman–Crippen LogP) is 2.11. The lowest BCUT2D eigenvalue weighted by Crippen LogP contribution is -2.42. The van der Waals surface area contributed by atoms with Crippen LogP contribution < -0.4 is 15.5 Å². The molecule has 4 nitrogen and oxygen atoms in total. The van der Waals surface area contributed by atoms with Crippen molar-refractivity contribution in [3.63, 3.8) is 0 Å². The molecular weight excluding hydrogens is 226 g/mol. The van der Waals surface area contributed by atoms with Gasteiger partial charge in [-0.05, 0) is 18.1 Å². The average Bonchev–Trinajstić information content (AvgIpc) is 2.61. The van der Waals surface area contributed by atoms with Gasteiger partial charge in [-0.3, -0.25) is 4.90 Å². The van der Waals surface area contributed by atoms with Crippen molar-refractivity contribution in [2.75, 3.05) is 24.5 Å². The van der Waals surface area contributed by atoms with Crippen LogP contribution in [0.3, 0.4) is 0 Å². The maximum atomic E-state index is 12.2. The molecule has 0 bridgehead atoms. The number of fused-ring (bicyclic) bond motifs is 1. The highest BCUT2D eigenvalue weighted by Crippen LogP contribution is 2.21. The minimum atomic E-state index is 0.0135. The third kappa shape index (κ3) is 3.01. The van der Waals surface area contributed by atoms with Gasteiger partial charge in [0, 0.05) is 31.9 Å². The monoisotopic (exact) mass is 247 g/mol. The fraction of sp³-hybridized carbons (Fsp3) is 0.500. The number of urea groups is 1. The molecule has 1 aromatic rings. The van der Waals surface area contributed by atoms with Crippen molar-refractivity contribution in [1.82, 2.24) is 10.6 Å². The summed E-state index contributed by atoms with van der Waals surface area (Å²) >= 11 is 0. The zero-order valence-electron chi connectivity index (χ0n) is 10.9. The molecule has 4 heteroatoms. The summed E-state index contributed by atoms with van der Waals surface area (Å²) in [6.07, 6.45) is 2.12. The molecule has 1 aliphatic heterocycles. The van der Waals surface area contributed by atoms with Crippen LogP contribution in [-0.2, 0) is 6.54 Å². The van der Waals surface area contributed by atoms with E-state index in [2.05, 4.69) is 23.6 Å². The van der Waals surface area contributed by atoms with Gasteiger partial charge in [-0.2, -0.15) is 0 Å². The summed E-state index contributed by atoms with van der Waals surface area (Å²) in [5, 5.41) is 6.32. The van der Waals surface area contributed by atoms with E-state index in [4.69, 9.17) is 0 Å². The summed E-state index contributed by atoms with van der Waals surface area (Å²) < 4.78 is 0. The standard InChI is InChI=1S/C14H21N3O/c1-2-3-8-16-14(18)17-10-9-15-11-12-6-4-5-7-13(12)17/h4-7,15H,2-3,8-11H2,1H3,(H,16,18). The average molecular weight is 247 g/mol. The normalized spacial score (nSPS) is 14.8. The number of carbonyl (C=O) groups is 1. The molecule has 0 atom stereocenters. The van der Waals surface area contributed by atoms with E-state index in [0.29, 0.717) is 0 Å². The second kappa shape index (κ2) is 6.40. The van der Waals surface area contributed by atoms with Crippen LogP contribution in [0.5, 0.6) is 0 Å². The van der Waals surface area contributed by atoms with Gasteiger partial charge in [-0.1, -0.05) is 31.5 Å². The lowest BCUT2D eigenvalue weighted by atomic mass is 10.1. The van der Waals surface area contributed by atoms with E-state index in [-0.39, 0.29) is 6.03 Å². The maximum Gasteiger partial charge on any atom is 0.321 e. The van der Waals surface area contributed by atoms with E-state index in [1.165, 1.54) is 5.56 Å². The first-order valence-electron chi connectivity index (χ1n) is 6.67. The minimum absolute atomic E-state index is 0.0135. The van der Waals surface area contributed by atoms with Gasteiger partial charge in [0.25, 0.3) is 0 Å². The van der Waals surface area contributed by atoms with Crippen molar-refractivity contribution in [3.05, 3.63) is 29.8 Å². The predicted molar refractivity (Wildman–Crippen MR) is 73.8 cm³/mol. The Bertz CT molecular complexity index is 406. The molecule has 0 unspecified atom stereocenters. The van der Waals surface area contributed by atoms with Crippen molar-refractivity contribution >= 4 is 11.7 Å². The van der Waals surface area contributed by atoms with Crippen LogP contribution in [0, 0.1) is 0 Å². The molecule has 0 fully saturated rings. The number of benzene rings is 1. The summed E-state index contributed by atoms with van der Waals surface area (Å²) in [5.74, 6) is 0. The fourth-order valence-corrected chi connectivity index (χ4v) is 2.14. The second-order valence-corrected chi connectivity index (χ2v) is 4.54. The molecule has 1 aromatic carbocycles. The van der Waals surface area contributed by atoms with Gasteiger partial charge in [0.2, 0.25) is 0 Å². The summed E-state index contributed by atoms with van der Waals surface area (Å²) in [6.45, 7) is 5.25.